The van der Waals surface area contributed by atoms with Crippen LogP contribution in [0.3, 0.4) is 0 Å². The topological polar surface area (TPSA) is 289 Å². The zero-order valence-electron chi connectivity index (χ0n) is 38.9. The second-order valence-corrected chi connectivity index (χ2v) is 23.0. The Morgan fingerprint density at radius 1 is 0.846 bits per heavy atom. The number of ether oxygens (including phenoxy) is 5. The maximum atomic E-state index is 11.7. The van der Waals surface area contributed by atoms with Crippen LogP contribution in [0, 0.1) is 39.4 Å². The third kappa shape index (κ3) is 9.88. The number of fused-ring (bicyclic) bond motifs is 5. The van der Waals surface area contributed by atoms with Gasteiger partial charge in [-0.05, 0) is 105 Å². The Morgan fingerprint density at radius 3 is 2.18 bits per heavy atom. The average Bonchev–Trinajstić information content (AvgIpc) is 3.52. The molecule has 18 heteroatoms. The fraction of sp³-hybridized carbons (Fsp3) is 0.872. The summed E-state index contributed by atoms with van der Waals surface area (Å²) in [6.07, 6.45) is -9.11. The fourth-order valence-electron chi connectivity index (χ4n) is 12.8. The number of allylic oxidation sites excluding steroid dienone is 2. The summed E-state index contributed by atoms with van der Waals surface area (Å²) in [5.41, 5.74) is -0.228. The largest absolute Gasteiger partial charge is 0.506 e. The molecule has 0 aromatic rings. The number of rotatable bonds is 11. The van der Waals surface area contributed by atoms with Crippen molar-refractivity contribution in [2.75, 3.05) is 19.8 Å². The number of hydrogen-bond acceptors (Lipinski definition) is 17. The van der Waals surface area contributed by atoms with E-state index in [2.05, 4.69) is 63.3 Å². The summed E-state index contributed by atoms with van der Waals surface area (Å²) < 4.78 is 29.6. The van der Waals surface area contributed by atoms with Gasteiger partial charge in [-0.15, -0.1) is 0 Å². The van der Waals surface area contributed by atoms with E-state index in [-0.39, 0.29) is 46.8 Å². The highest BCUT2D eigenvalue weighted by Crippen LogP contribution is 2.75. The smallest absolute Gasteiger partial charge is 0.259 e. The van der Waals surface area contributed by atoms with Crippen LogP contribution >= 0.6 is 22.6 Å². The van der Waals surface area contributed by atoms with Crippen LogP contribution in [0.25, 0.3) is 0 Å². The van der Waals surface area contributed by atoms with Gasteiger partial charge in [0.1, 0.15) is 42.7 Å². The van der Waals surface area contributed by atoms with Gasteiger partial charge in [0.05, 0.1) is 24.9 Å². The van der Waals surface area contributed by atoms with Gasteiger partial charge in [-0.3, -0.25) is 0 Å². The molecule has 0 bridgehead atoms. The number of alkyl halides is 1. The predicted molar refractivity (Wildman–Crippen MR) is 243 cm³/mol. The summed E-state index contributed by atoms with van der Waals surface area (Å²) in [5, 5.41) is 130. The fourth-order valence-corrected chi connectivity index (χ4v) is 13.5. The van der Waals surface area contributed by atoms with Crippen molar-refractivity contribution in [3.63, 3.8) is 0 Å². The first-order chi connectivity index (χ1) is 30.3. The van der Waals surface area contributed by atoms with Gasteiger partial charge in [-0.2, -0.15) is 0 Å². The molecular formula is C47H77IO17. The molecule has 6 aliphatic rings. The summed E-state index contributed by atoms with van der Waals surface area (Å²) in [6.45, 7) is 13.3. The minimum Gasteiger partial charge on any atom is -0.506 e. The Labute approximate surface area is 396 Å². The van der Waals surface area contributed by atoms with Crippen molar-refractivity contribution in [3.05, 3.63) is 34.7 Å². The molecule has 18 atom stereocenters. The zero-order valence-corrected chi connectivity index (χ0v) is 41.1. The van der Waals surface area contributed by atoms with Gasteiger partial charge in [-0.1, -0.05) is 68.9 Å². The van der Waals surface area contributed by atoms with E-state index in [1.54, 1.807) is 5.57 Å². The van der Waals surface area contributed by atoms with E-state index in [9.17, 15) is 61.3 Å². The molecule has 17 nitrogen and oxygen atoms in total. The van der Waals surface area contributed by atoms with Crippen LogP contribution in [0.4, 0.5) is 0 Å². The van der Waals surface area contributed by atoms with E-state index in [0.29, 0.717) is 15.8 Å². The standard InChI is InChI=1S/C47H77IO17/c1-43(2)23-8-11-30-45(5,24(23)9-12-31(43)48)18-19-46(6)25(14-17-47(30,46)7)28-10-13-32(44(3,4)60)64-41(59)39(65-40(58)37(57)38(62-28)27(52)15-20-49)33(53)26(51)16-21-61-42-36(56)35(55)34(54)29(22-50)63-42/h8,24-32,34-36,40-42,49-60H,9-22H2,1-7H3/b38-37-,39-33+. The van der Waals surface area contributed by atoms with Crippen molar-refractivity contribution in [1.29, 1.82) is 0 Å². The molecule has 6 rings (SSSR count). The molecule has 0 radical (unpaired) electrons. The molecule has 0 aromatic heterocycles. The van der Waals surface area contributed by atoms with Crippen molar-refractivity contribution in [3.8, 4) is 0 Å². The molecular weight excluding hydrogens is 963 g/mol. The van der Waals surface area contributed by atoms with Crippen LogP contribution in [0.5, 0.6) is 0 Å². The van der Waals surface area contributed by atoms with Gasteiger partial charge >= 0.3 is 0 Å². The Morgan fingerprint density at radius 2 is 1.54 bits per heavy atom. The molecule has 4 aliphatic carbocycles. The number of aliphatic hydroxyl groups excluding tert-OH is 11. The van der Waals surface area contributed by atoms with Gasteiger partial charge < -0.3 is 85.0 Å². The summed E-state index contributed by atoms with van der Waals surface area (Å²) in [6, 6.07) is 0. The summed E-state index contributed by atoms with van der Waals surface area (Å²) in [7, 11) is 0. The molecule has 3 saturated carbocycles. The highest BCUT2D eigenvalue weighted by Gasteiger charge is 2.68. The first-order valence-corrected chi connectivity index (χ1v) is 24.7. The monoisotopic (exact) mass is 1040 g/mol. The summed E-state index contributed by atoms with van der Waals surface area (Å²) in [4.78, 5) is 0. The lowest BCUT2D eigenvalue weighted by Crippen LogP contribution is -2.59. The van der Waals surface area contributed by atoms with Crippen LogP contribution in [-0.4, -0.2) is 158 Å². The number of halogens is 1. The van der Waals surface area contributed by atoms with Crippen molar-refractivity contribution in [2.24, 2.45) is 39.4 Å². The molecule has 18 unspecified atom stereocenters. The third-order valence-corrected chi connectivity index (χ3v) is 19.3. The van der Waals surface area contributed by atoms with Gasteiger partial charge in [0.15, 0.2) is 23.6 Å². The van der Waals surface area contributed by atoms with E-state index in [1.165, 1.54) is 20.3 Å². The Kier molecular flexibility index (Phi) is 16.4. The van der Waals surface area contributed by atoms with Crippen LogP contribution in [-0.2, 0) is 23.7 Å². The molecule has 0 amide bonds. The zero-order chi connectivity index (χ0) is 48.2. The lowest BCUT2D eigenvalue weighted by Gasteiger charge is -2.66. The molecule has 65 heavy (non-hydrogen) atoms. The first kappa shape index (κ1) is 53.0. The molecule has 2 aliphatic heterocycles. The molecule has 2 heterocycles. The van der Waals surface area contributed by atoms with Crippen LogP contribution < -0.4 is 0 Å². The van der Waals surface area contributed by atoms with E-state index < -0.39 is 123 Å². The normalized spacial score (nSPS) is 45.6. The van der Waals surface area contributed by atoms with Crippen LogP contribution in [0.15, 0.2) is 34.7 Å². The van der Waals surface area contributed by atoms with Crippen molar-refractivity contribution < 1.29 is 85.0 Å². The van der Waals surface area contributed by atoms with E-state index in [4.69, 9.17) is 23.7 Å². The Hall–Kier alpha value is -1.37. The van der Waals surface area contributed by atoms with Crippen molar-refractivity contribution in [1.82, 2.24) is 0 Å². The minimum atomic E-state index is -2.43. The Bertz CT molecular complexity index is 1750. The third-order valence-electron chi connectivity index (χ3n) is 17.1. The maximum absolute atomic E-state index is 11.7. The van der Waals surface area contributed by atoms with Crippen LogP contribution in [0.2, 0.25) is 0 Å². The molecule has 4 fully saturated rings. The van der Waals surface area contributed by atoms with Gasteiger partial charge in [0.25, 0.3) is 6.29 Å². The second-order valence-electron chi connectivity index (χ2n) is 21.5. The molecule has 374 valence electrons. The van der Waals surface area contributed by atoms with Gasteiger partial charge in [0.2, 0.25) is 12.0 Å². The average molecular weight is 1040 g/mol. The van der Waals surface area contributed by atoms with Crippen molar-refractivity contribution in [2.45, 2.75) is 196 Å². The molecule has 1 saturated heterocycles. The molecule has 12 N–H and O–H groups in total. The SMILES string of the molecule is CC(C)(O)C1CCC(C2CCC3(C)C4CC=C5C(CCC(I)C5(C)C)C4(C)CCC23C)O/C(C(O)CCO)=C(\O)C(O)O/C(=C(/O)C(O)CCOC2OC(CO)C(O)C(O)C2O)C(O)O1. The highest BCUT2D eigenvalue weighted by atomic mass is 127. The first-order valence-electron chi connectivity index (χ1n) is 23.4. The predicted octanol–water partition coefficient (Wildman–Crippen LogP) is 3.23. The van der Waals surface area contributed by atoms with Gasteiger partial charge in [-0.25, -0.2) is 0 Å². The Balaban J connectivity index is 1.30. The maximum Gasteiger partial charge on any atom is 0.259 e. The quantitative estimate of drug-likeness (QED) is 0.0612. The van der Waals surface area contributed by atoms with E-state index >= 15 is 0 Å². The summed E-state index contributed by atoms with van der Waals surface area (Å²) >= 11 is 2.63. The highest BCUT2D eigenvalue weighted by molar-refractivity contribution is 14.1. The molecule has 0 spiro atoms. The van der Waals surface area contributed by atoms with E-state index in [1.807, 2.05) is 0 Å². The lowest BCUT2D eigenvalue weighted by atomic mass is 9.39. The van der Waals surface area contributed by atoms with E-state index in [0.717, 1.165) is 38.5 Å². The minimum absolute atomic E-state index is 0.0621. The lowest BCUT2D eigenvalue weighted by molar-refractivity contribution is -0.301. The van der Waals surface area contributed by atoms with Crippen molar-refractivity contribution >= 4 is 22.6 Å². The van der Waals surface area contributed by atoms with Gasteiger partial charge in [0, 0.05) is 29.3 Å². The number of aliphatic hydroxyl groups is 12. The summed E-state index contributed by atoms with van der Waals surface area (Å²) in [5.74, 6) is -2.79. The second kappa shape index (κ2) is 20.2. The number of hydrogen-bond donors (Lipinski definition) is 12. The molecule has 0 aromatic carbocycles. The van der Waals surface area contributed by atoms with Crippen LogP contribution in [0.1, 0.15) is 119 Å².